The molecule has 3 heteroatoms. The summed E-state index contributed by atoms with van der Waals surface area (Å²) in [5, 5.41) is 0. The van der Waals surface area contributed by atoms with Gasteiger partial charge in [-0.2, -0.15) is 0 Å². The molecule has 2 nitrogen and oxygen atoms in total. The molecule has 0 saturated heterocycles. The molecule has 0 aliphatic heterocycles. The average molecular weight is 256 g/mol. The van der Waals surface area contributed by atoms with Crippen LogP contribution in [0.25, 0.3) is 0 Å². The summed E-state index contributed by atoms with van der Waals surface area (Å²) < 4.78 is 13.0. The molecule has 2 atom stereocenters. The molecule has 2 unspecified atom stereocenters. The van der Waals surface area contributed by atoms with Crippen LogP contribution in [-0.2, 0) is 8.85 Å². The van der Waals surface area contributed by atoms with Gasteiger partial charge in [0.05, 0.1) is 0 Å². The van der Waals surface area contributed by atoms with Crippen molar-refractivity contribution in [1.29, 1.82) is 0 Å². The van der Waals surface area contributed by atoms with Gasteiger partial charge in [0.15, 0.2) is 0 Å². The van der Waals surface area contributed by atoms with Gasteiger partial charge in [0.2, 0.25) is 0 Å². The fraction of sp³-hybridized carbons (Fsp3) is 1.00. The summed E-state index contributed by atoms with van der Waals surface area (Å²) >= 11 is 0. The van der Waals surface area contributed by atoms with Gasteiger partial charge in [-0.1, -0.05) is 13.8 Å². The van der Waals surface area contributed by atoms with E-state index in [0.29, 0.717) is 12.2 Å². The molecule has 2 fully saturated rings. The van der Waals surface area contributed by atoms with Gasteiger partial charge < -0.3 is 8.85 Å². The van der Waals surface area contributed by atoms with Gasteiger partial charge in [0.1, 0.15) is 0 Å². The van der Waals surface area contributed by atoms with Gasteiger partial charge in [0, 0.05) is 23.3 Å². The molecule has 100 valence electrons. The Labute approximate surface area is 107 Å². The van der Waals surface area contributed by atoms with E-state index in [-0.39, 0.29) is 0 Å². The molecule has 0 bridgehead atoms. The molecule has 2 aliphatic rings. The standard InChI is InChI=1S/C14H28O2Si/c1-5-11(3)15-17(13-7-8-13,14-9-10-14)16-12(4)6-2/h11-14H,5-10H2,1-4H3. The second-order valence-electron chi connectivity index (χ2n) is 5.94. The van der Waals surface area contributed by atoms with Crippen LogP contribution < -0.4 is 0 Å². The molecule has 2 saturated carbocycles. The third-order valence-electron chi connectivity index (χ3n) is 4.21. The topological polar surface area (TPSA) is 18.5 Å². The second kappa shape index (κ2) is 5.41. The van der Waals surface area contributed by atoms with Gasteiger partial charge in [-0.25, -0.2) is 0 Å². The Kier molecular flexibility index (Phi) is 4.32. The summed E-state index contributed by atoms with van der Waals surface area (Å²) in [4.78, 5) is 0. The zero-order chi connectivity index (χ0) is 12.5. The van der Waals surface area contributed by atoms with Crippen LogP contribution in [0.15, 0.2) is 0 Å². The Morgan fingerprint density at radius 2 is 1.24 bits per heavy atom. The zero-order valence-corrected chi connectivity index (χ0v) is 12.9. The van der Waals surface area contributed by atoms with Crippen molar-refractivity contribution in [1.82, 2.24) is 0 Å². The Balaban J connectivity index is 2.07. The molecule has 0 N–H and O–H groups in total. The maximum absolute atomic E-state index is 6.52. The first-order valence-corrected chi connectivity index (χ1v) is 9.45. The Morgan fingerprint density at radius 1 is 0.882 bits per heavy atom. The predicted octanol–water partition coefficient (Wildman–Crippen LogP) is 4.39. The van der Waals surface area contributed by atoms with Crippen molar-refractivity contribution < 1.29 is 8.85 Å². The smallest absolute Gasteiger partial charge is 0.345 e. The van der Waals surface area contributed by atoms with E-state index in [1.54, 1.807) is 0 Å². The van der Waals surface area contributed by atoms with Gasteiger partial charge >= 0.3 is 8.56 Å². The van der Waals surface area contributed by atoms with E-state index in [9.17, 15) is 0 Å². The lowest BCUT2D eigenvalue weighted by molar-refractivity contribution is 0.0838. The average Bonchev–Trinajstić information content (AvgIpc) is 3.19. The van der Waals surface area contributed by atoms with E-state index in [1.165, 1.54) is 25.7 Å². The van der Waals surface area contributed by atoms with E-state index in [1.807, 2.05) is 0 Å². The highest BCUT2D eigenvalue weighted by Gasteiger charge is 2.61. The molecule has 17 heavy (non-hydrogen) atoms. The lowest BCUT2D eigenvalue weighted by Crippen LogP contribution is -2.48. The maximum Gasteiger partial charge on any atom is 0.345 e. The molecule has 0 aromatic carbocycles. The highest BCUT2D eigenvalue weighted by atomic mass is 28.4. The second-order valence-corrected chi connectivity index (χ2v) is 9.49. The van der Waals surface area contributed by atoms with E-state index < -0.39 is 8.56 Å². The van der Waals surface area contributed by atoms with Crippen LogP contribution in [0.5, 0.6) is 0 Å². The first-order valence-electron chi connectivity index (χ1n) is 7.48. The van der Waals surface area contributed by atoms with Crippen LogP contribution in [0, 0.1) is 0 Å². The maximum atomic E-state index is 6.52. The highest BCUT2D eigenvalue weighted by Crippen LogP contribution is 2.59. The minimum absolute atomic E-state index is 0.381. The minimum atomic E-state index is -1.90. The molecule has 2 rings (SSSR count). The summed E-state index contributed by atoms with van der Waals surface area (Å²) in [6.45, 7) is 8.86. The Hall–Kier alpha value is 0.137. The number of hydrogen-bond donors (Lipinski definition) is 0. The number of rotatable bonds is 8. The van der Waals surface area contributed by atoms with Crippen LogP contribution in [0.4, 0.5) is 0 Å². The minimum Gasteiger partial charge on any atom is -0.391 e. The van der Waals surface area contributed by atoms with Gasteiger partial charge in [-0.05, 0) is 52.4 Å². The normalized spacial score (nSPS) is 24.7. The van der Waals surface area contributed by atoms with Crippen LogP contribution >= 0.6 is 0 Å². The van der Waals surface area contributed by atoms with E-state index in [4.69, 9.17) is 8.85 Å². The molecule has 0 aromatic rings. The van der Waals surface area contributed by atoms with Gasteiger partial charge in [0.25, 0.3) is 0 Å². The highest BCUT2D eigenvalue weighted by molar-refractivity contribution is 6.72. The monoisotopic (exact) mass is 256 g/mol. The molecule has 0 radical (unpaired) electrons. The van der Waals surface area contributed by atoms with E-state index in [2.05, 4.69) is 27.7 Å². The summed E-state index contributed by atoms with van der Waals surface area (Å²) in [5.74, 6) is 0. The number of hydrogen-bond acceptors (Lipinski definition) is 2. The van der Waals surface area contributed by atoms with Gasteiger partial charge in [-0.3, -0.25) is 0 Å². The Bertz CT molecular complexity index is 223. The quantitative estimate of drug-likeness (QED) is 0.600. The largest absolute Gasteiger partial charge is 0.391 e. The molecular weight excluding hydrogens is 228 g/mol. The van der Waals surface area contributed by atoms with Crippen molar-refractivity contribution in [3.05, 3.63) is 0 Å². The zero-order valence-electron chi connectivity index (χ0n) is 11.9. The van der Waals surface area contributed by atoms with Gasteiger partial charge in [-0.15, -0.1) is 0 Å². The SMILES string of the molecule is CCC(C)O[Si](OC(C)CC)(C1CC1)C1CC1. The summed E-state index contributed by atoms with van der Waals surface area (Å²) in [5.41, 5.74) is 1.61. The molecule has 0 amide bonds. The molecular formula is C14H28O2Si. The molecule has 0 aromatic heterocycles. The predicted molar refractivity (Wildman–Crippen MR) is 73.4 cm³/mol. The fourth-order valence-corrected chi connectivity index (χ4v) is 7.54. The Morgan fingerprint density at radius 3 is 1.47 bits per heavy atom. The van der Waals surface area contributed by atoms with Crippen molar-refractivity contribution in [3.63, 3.8) is 0 Å². The summed E-state index contributed by atoms with van der Waals surface area (Å²) in [7, 11) is -1.90. The first-order chi connectivity index (χ1) is 8.12. The first kappa shape index (κ1) is 13.6. The summed E-state index contributed by atoms with van der Waals surface area (Å²) in [6, 6.07) is 0. The van der Waals surface area contributed by atoms with Crippen molar-refractivity contribution >= 4 is 8.56 Å². The third kappa shape index (κ3) is 3.12. The van der Waals surface area contributed by atoms with Crippen molar-refractivity contribution in [3.8, 4) is 0 Å². The van der Waals surface area contributed by atoms with Crippen LogP contribution in [0.1, 0.15) is 66.2 Å². The van der Waals surface area contributed by atoms with E-state index >= 15 is 0 Å². The van der Waals surface area contributed by atoms with Crippen LogP contribution in [-0.4, -0.2) is 20.8 Å². The van der Waals surface area contributed by atoms with Crippen LogP contribution in [0.3, 0.4) is 0 Å². The van der Waals surface area contributed by atoms with E-state index in [0.717, 1.165) is 23.9 Å². The lowest BCUT2D eigenvalue weighted by atomic mass is 10.3. The molecule has 0 spiro atoms. The summed E-state index contributed by atoms with van der Waals surface area (Å²) in [6.07, 6.45) is 8.41. The van der Waals surface area contributed by atoms with Crippen molar-refractivity contribution in [2.24, 2.45) is 0 Å². The van der Waals surface area contributed by atoms with Crippen molar-refractivity contribution in [2.75, 3.05) is 0 Å². The molecule has 2 aliphatic carbocycles. The fourth-order valence-electron chi connectivity index (χ4n) is 2.51. The van der Waals surface area contributed by atoms with Crippen LogP contribution in [0.2, 0.25) is 11.1 Å². The lowest BCUT2D eigenvalue weighted by Gasteiger charge is -2.36. The third-order valence-corrected chi connectivity index (χ3v) is 9.19. The van der Waals surface area contributed by atoms with Crippen molar-refractivity contribution in [2.45, 2.75) is 89.5 Å². The molecule has 0 heterocycles.